The lowest BCUT2D eigenvalue weighted by atomic mass is 10.1. The number of guanidine groups is 1. The minimum atomic E-state index is -0.173. The predicted octanol–water partition coefficient (Wildman–Crippen LogP) is 1.87. The molecule has 0 spiro atoms. The largest absolute Gasteiger partial charge is 0.356 e. The number of likely N-dealkylation sites (N-methyl/N-ethyl adjacent to an activating group) is 1. The summed E-state index contributed by atoms with van der Waals surface area (Å²) in [5.41, 5.74) is 2.17. The van der Waals surface area contributed by atoms with Crippen molar-refractivity contribution < 1.29 is 4.39 Å². The number of hydrogen-bond donors (Lipinski definition) is 2. The van der Waals surface area contributed by atoms with Crippen LogP contribution < -0.4 is 10.6 Å². The van der Waals surface area contributed by atoms with Gasteiger partial charge in [-0.2, -0.15) is 0 Å². The summed E-state index contributed by atoms with van der Waals surface area (Å²) in [6.45, 7) is 9.53. The van der Waals surface area contributed by atoms with Gasteiger partial charge in [0, 0.05) is 33.2 Å². The van der Waals surface area contributed by atoms with Crippen LogP contribution in [0, 0.1) is 12.7 Å². The predicted molar refractivity (Wildman–Crippen MR) is 107 cm³/mol. The molecule has 0 aliphatic carbocycles. The fourth-order valence-electron chi connectivity index (χ4n) is 3.31. The van der Waals surface area contributed by atoms with Gasteiger partial charge in [0.25, 0.3) is 0 Å². The number of halogens is 1. The second-order valence-electron chi connectivity index (χ2n) is 7.10. The molecule has 26 heavy (non-hydrogen) atoms. The molecule has 146 valence electrons. The SMILES string of the molecule is CN=C(NCCCN1CCCN(C)CC1)NCCc1ccc(F)cc1C. The lowest BCUT2D eigenvalue weighted by Gasteiger charge is -2.20. The Kier molecular flexibility index (Phi) is 8.85. The zero-order chi connectivity index (χ0) is 18.8. The van der Waals surface area contributed by atoms with Crippen LogP contribution in [0.4, 0.5) is 4.39 Å². The highest BCUT2D eigenvalue weighted by atomic mass is 19.1. The molecule has 1 aliphatic rings. The first-order valence-corrected chi connectivity index (χ1v) is 9.69. The van der Waals surface area contributed by atoms with Gasteiger partial charge in [-0.15, -0.1) is 0 Å². The third-order valence-corrected chi connectivity index (χ3v) is 4.97. The molecule has 0 saturated carbocycles. The van der Waals surface area contributed by atoms with Gasteiger partial charge in [-0.1, -0.05) is 6.07 Å². The van der Waals surface area contributed by atoms with Gasteiger partial charge in [-0.3, -0.25) is 4.99 Å². The summed E-state index contributed by atoms with van der Waals surface area (Å²) >= 11 is 0. The van der Waals surface area contributed by atoms with Crippen LogP contribution >= 0.6 is 0 Å². The summed E-state index contributed by atoms with van der Waals surface area (Å²) < 4.78 is 13.2. The zero-order valence-corrected chi connectivity index (χ0v) is 16.5. The first kappa shape index (κ1) is 20.6. The fraction of sp³-hybridized carbons (Fsp3) is 0.650. The Hall–Kier alpha value is -1.66. The summed E-state index contributed by atoms with van der Waals surface area (Å²) in [6.07, 6.45) is 3.23. The Balaban J connectivity index is 1.61. The average Bonchev–Trinajstić information content (AvgIpc) is 2.83. The molecule has 0 unspecified atom stereocenters. The van der Waals surface area contributed by atoms with E-state index in [9.17, 15) is 4.39 Å². The van der Waals surface area contributed by atoms with Gasteiger partial charge in [-0.25, -0.2) is 4.39 Å². The molecule has 0 radical (unpaired) electrons. The number of aliphatic imine (C=N–C) groups is 1. The molecule has 0 atom stereocenters. The Bertz CT molecular complexity index is 575. The molecule has 2 N–H and O–H groups in total. The number of rotatable bonds is 7. The van der Waals surface area contributed by atoms with Crippen molar-refractivity contribution in [2.75, 3.05) is 59.9 Å². The van der Waals surface area contributed by atoms with Gasteiger partial charge in [0.1, 0.15) is 5.82 Å². The van der Waals surface area contributed by atoms with E-state index in [0.29, 0.717) is 0 Å². The standard InChI is InChI=1S/C20H34FN5/c1-17-16-19(21)7-6-18(17)8-10-24-20(22-2)23-9-4-12-26-13-5-11-25(3)14-15-26/h6-7,16H,4-5,8-15H2,1-3H3,(H2,22,23,24). The summed E-state index contributed by atoms with van der Waals surface area (Å²) in [6, 6.07) is 4.97. The molecule has 1 fully saturated rings. The smallest absolute Gasteiger partial charge is 0.190 e. The highest BCUT2D eigenvalue weighted by Gasteiger charge is 2.11. The van der Waals surface area contributed by atoms with E-state index in [-0.39, 0.29) is 5.82 Å². The van der Waals surface area contributed by atoms with Crippen LogP contribution in [0.15, 0.2) is 23.2 Å². The molecule has 1 saturated heterocycles. The molecule has 1 aromatic rings. The molecule has 6 heteroatoms. The summed E-state index contributed by atoms with van der Waals surface area (Å²) in [4.78, 5) is 9.24. The van der Waals surface area contributed by atoms with E-state index < -0.39 is 0 Å². The van der Waals surface area contributed by atoms with Gasteiger partial charge >= 0.3 is 0 Å². The van der Waals surface area contributed by atoms with Crippen molar-refractivity contribution in [3.05, 3.63) is 35.1 Å². The van der Waals surface area contributed by atoms with Crippen molar-refractivity contribution in [1.29, 1.82) is 0 Å². The number of benzene rings is 1. The third-order valence-electron chi connectivity index (χ3n) is 4.97. The highest BCUT2D eigenvalue weighted by Crippen LogP contribution is 2.10. The van der Waals surface area contributed by atoms with Crippen molar-refractivity contribution >= 4 is 5.96 Å². The maximum atomic E-state index is 13.2. The van der Waals surface area contributed by atoms with E-state index in [1.807, 2.05) is 13.0 Å². The lowest BCUT2D eigenvalue weighted by molar-refractivity contribution is 0.274. The van der Waals surface area contributed by atoms with Crippen LogP contribution in [-0.4, -0.2) is 75.7 Å². The van der Waals surface area contributed by atoms with E-state index in [1.54, 1.807) is 13.1 Å². The minimum Gasteiger partial charge on any atom is -0.356 e. The van der Waals surface area contributed by atoms with Gasteiger partial charge in [-0.05, 0) is 76.1 Å². The molecule has 2 rings (SSSR count). The third kappa shape index (κ3) is 7.30. The quantitative estimate of drug-likeness (QED) is 0.441. The Labute approximate surface area is 157 Å². The summed E-state index contributed by atoms with van der Waals surface area (Å²) in [5.74, 6) is 0.660. The Morgan fingerprint density at radius 3 is 2.73 bits per heavy atom. The average molecular weight is 364 g/mol. The molecule has 1 aromatic carbocycles. The van der Waals surface area contributed by atoms with E-state index in [4.69, 9.17) is 0 Å². The first-order chi connectivity index (χ1) is 12.6. The van der Waals surface area contributed by atoms with Crippen LogP contribution in [0.1, 0.15) is 24.0 Å². The molecular weight excluding hydrogens is 329 g/mol. The van der Waals surface area contributed by atoms with E-state index >= 15 is 0 Å². The molecule has 1 aliphatic heterocycles. The van der Waals surface area contributed by atoms with Crippen LogP contribution in [0.3, 0.4) is 0 Å². The zero-order valence-electron chi connectivity index (χ0n) is 16.5. The van der Waals surface area contributed by atoms with Crippen LogP contribution in [0.5, 0.6) is 0 Å². The molecule has 0 aromatic heterocycles. The lowest BCUT2D eigenvalue weighted by Crippen LogP contribution is -2.40. The van der Waals surface area contributed by atoms with Crippen molar-refractivity contribution in [3.8, 4) is 0 Å². The second-order valence-corrected chi connectivity index (χ2v) is 7.10. The first-order valence-electron chi connectivity index (χ1n) is 9.69. The number of hydrogen-bond acceptors (Lipinski definition) is 3. The van der Waals surface area contributed by atoms with Crippen molar-refractivity contribution in [1.82, 2.24) is 20.4 Å². The summed E-state index contributed by atoms with van der Waals surface area (Å²) in [5, 5.41) is 6.72. The van der Waals surface area contributed by atoms with Gasteiger partial charge in [0.05, 0.1) is 0 Å². The van der Waals surface area contributed by atoms with E-state index in [0.717, 1.165) is 44.0 Å². The normalized spacial score (nSPS) is 17.2. The number of aryl methyl sites for hydroxylation is 1. The number of nitrogens with zero attached hydrogens (tertiary/aromatic N) is 3. The molecule has 5 nitrogen and oxygen atoms in total. The molecule has 0 amide bonds. The maximum absolute atomic E-state index is 13.2. The van der Waals surface area contributed by atoms with E-state index in [1.165, 1.54) is 44.2 Å². The second kappa shape index (κ2) is 11.1. The van der Waals surface area contributed by atoms with Crippen molar-refractivity contribution in [2.24, 2.45) is 4.99 Å². The van der Waals surface area contributed by atoms with Crippen LogP contribution in [0.25, 0.3) is 0 Å². The topological polar surface area (TPSA) is 42.9 Å². The van der Waals surface area contributed by atoms with Gasteiger partial charge in [0.2, 0.25) is 0 Å². The number of nitrogens with one attached hydrogen (secondary N) is 2. The van der Waals surface area contributed by atoms with Crippen molar-refractivity contribution in [3.63, 3.8) is 0 Å². The van der Waals surface area contributed by atoms with Crippen LogP contribution in [-0.2, 0) is 6.42 Å². The molecular formula is C20H34FN5. The van der Waals surface area contributed by atoms with Crippen molar-refractivity contribution in [2.45, 2.75) is 26.2 Å². The highest BCUT2D eigenvalue weighted by molar-refractivity contribution is 5.79. The molecule has 0 bridgehead atoms. The molecule has 1 heterocycles. The fourth-order valence-corrected chi connectivity index (χ4v) is 3.31. The van der Waals surface area contributed by atoms with E-state index in [2.05, 4.69) is 32.5 Å². The monoisotopic (exact) mass is 363 g/mol. The Morgan fingerprint density at radius 2 is 1.96 bits per heavy atom. The minimum absolute atomic E-state index is 0.173. The van der Waals surface area contributed by atoms with Gasteiger partial charge in [0.15, 0.2) is 5.96 Å². The Morgan fingerprint density at radius 1 is 1.15 bits per heavy atom. The maximum Gasteiger partial charge on any atom is 0.190 e. The van der Waals surface area contributed by atoms with Gasteiger partial charge < -0.3 is 20.4 Å². The van der Waals surface area contributed by atoms with Crippen LogP contribution in [0.2, 0.25) is 0 Å². The summed E-state index contributed by atoms with van der Waals surface area (Å²) in [7, 11) is 4.00.